The van der Waals surface area contributed by atoms with Crippen molar-refractivity contribution in [3.05, 3.63) is 115 Å². The Morgan fingerprint density at radius 3 is 0.951 bits per heavy atom. The molecule has 0 bridgehead atoms. The van der Waals surface area contributed by atoms with Gasteiger partial charge in [0.25, 0.3) is 0 Å². The molecule has 662 valence electrons. The minimum atomic E-state index is -2.05. The summed E-state index contributed by atoms with van der Waals surface area (Å²) in [4.78, 5) is 269. The Morgan fingerprint density at radius 1 is 0.352 bits per heavy atom. The number of rotatable bonds is 61. The summed E-state index contributed by atoms with van der Waals surface area (Å²) in [5, 5.41) is 111. The van der Waals surface area contributed by atoms with E-state index in [9.17, 15) is 113 Å². The summed E-state index contributed by atoms with van der Waals surface area (Å²) < 4.78 is 0. The minimum Gasteiger partial charge on any atom is -0.481 e. The van der Waals surface area contributed by atoms with Crippen molar-refractivity contribution in [2.75, 3.05) is 19.3 Å². The van der Waals surface area contributed by atoms with Crippen molar-refractivity contribution in [2.45, 2.75) is 218 Å². The van der Waals surface area contributed by atoms with E-state index in [2.05, 4.69) is 97.4 Å². The van der Waals surface area contributed by atoms with Gasteiger partial charge in [-0.05, 0) is 120 Å². The molecule has 46 nitrogen and oxygen atoms in total. The topological polar surface area (TPSA) is 728 Å². The second kappa shape index (κ2) is 48.2. The number of H-pyrrole nitrogens is 5. The van der Waals surface area contributed by atoms with E-state index in [1.807, 2.05) is 0 Å². The lowest BCUT2D eigenvalue weighted by atomic mass is 9.81. The van der Waals surface area contributed by atoms with E-state index in [1.165, 1.54) is 77.0 Å². The zero-order chi connectivity index (χ0) is 89.6. The fourth-order valence-electron chi connectivity index (χ4n) is 13.6. The van der Waals surface area contributed by atoms with Crippen LogP contribution in [0.1, 0.15) is 219 Å². The highest BCUT2D eigenvalue weighted by molar-refractivity contribution is 8.76. The summed E-state index contributed by atoms with van der Waals surface area (Å²) in [6.07, 6.45) is -1.17. The highest BCUT2D eigenvalue weighted by Gasteiger charge is 2.43. The highest BCUT2D eigenvalue weighted by atomic mass is 33.1. The number of pyridine rings is 1. The lowest BCUT2D eigenvalue weighted by Gasteiger charge is -2.38. The number of carboxylic acid groups (broad SMARTS) is 9. The zero-order valence-corrected chi connectivity index (χ0v) is 67.6. The average molecular weight is 1750 g/mol. The predicted octanol–water partition coefficient (Wildman–Crippen LogP) is 2.47. The number of likely N-dealkylation sites (N-methyl/N-ethyl adjacent to an activating group) is 1. The molecule has 8 amide bonds. The molecule has 0 aromatic carbocycles. The zero-order valence-electron chi connectivity index (χ0n) is 66.0. The number of carboxylic acids is 9. The number of aromatic amines is 5. The van der Waals surface area contributed by atoms with E-state index < -0.39 is 295 Å². The van der Waals surface area contributed by atoms with Crippen LogP contribution in [-0.4, -0.2) is 248 Å². The Balaban J connectivity index is 1.50. The smallest absolute Gasteiger partial charge is 0.332 e. The van der Waals surface area contributed by atoms with Gasteiger partial charge in [0.05, 0.1) is 60.1 Å². The Kier molecular flexibility index (Phi) is 38.6. The van der Waals surface area contributed by atoms with Crippen molar-refractivity contribution >= 4 is 123 Å². The normalized spacial score (nSPS) is 13.7. The van der Waals surface area contributed by atoms with Gasteiger partial charge in [-0.2, -0.15) is 0 Å². The maximum atomic E-state index is 15.7. The van der Waals surface area contributed by atoms with Crippen molar-refractivity contribution in [3.63, 3.8) is 0 Å². The van der Waals surface area contributed by atoms with Crippen molar-refractivity contribution in [2.24, 2.45) is 0 Å². The molecule has 122 heavy (non-hydrogen) atoms. The van der Waals surface area contributed by atoms with Crippen LogP contribution in [0.4, 0.5) is 0 Å². The third-order valence-electron chi connectivity index (χ3n) is 20.0. The number of nitrogens with zero attached hydrogens (tertiary/aromatic N) is 7. The molecule has 6 aromatic rings. The average Bonchev–Trinajstić information content (AvgIpc) is 1.18. The molecule has 48 heteroatoms. The lowest BCUT2D eigenvalue weighted by Crippen LogP contribution is -2.54. The lowest BCUT2D eigenvalue weighted by molar-refractivity contribution is -0.144. The summed E-state index contributed by atoms with van der Waals surface area (Å²) in [5.41, 5.74) is -8.26. The van der Waals surface area contributed by atoms with E-state index in [1.54, 1.807) is 18.2 Å². The monoisotopic (exact) mass is 1750 g/mol. The van der Waals surface area contributed by atoms with Gasteiger partial charge in [0.15, 0.2) is 30.2 Å². The molecule has 0 radical (unpaired) electrons. The Morgan fingerprint density at radius 2 is 0.648 bits per heavy atom. The second-order valence-electron chi connectivity index (χ2n) is 28.9. The Bertz CT molecular complexity index is 4210. The number of hydrogen-bond donors (Lipinski definition) is 22. The van der Waals surface area contributed by atoms with Crippen LogP contribution in [0.25, 0.3) is 0 Å². The van der Waals surface area contributed by atoms with E-state index >= 15 is 14.4 Å². The van der Waals surface area contributed by atoms with Gasteiger partial charge in [0.2, 0.25) is 47.3 Å². The van der Waals surface area contributed by atoms with Crippen molar-refractivity contribution in [1.82, 2.24) is 102 Å². The fourth-order valence-corrected chi connectivity index (χ4v) is 15.5. The van der Waals surface area contributed by atoms with E-state index in [0.29, 0.717) is 5.03 Å². The fraction of sp³-hybridized carbons (Fsp3) is 0.500. The molecular weight excluding hydrogens is 1650 g/mol. The Hall–Kier alpha value is -13.2. The molecule has 22 N–H and O–H groups in total. The van der Waals surface area contributed by atoms with Gasteiger partial charge in [-0.15, -0.1) is 0 Å². The molecule has 0 saturated heterocycles. The van der Waals surface area contributed by atoms with Gasteiger partial charge < -0.3 is 113 Å². The molecule has 5 unspecified atom stereocenters. The summed E-state index contributed by atoms with van der Waals surface area (Å²) in [5.74, 6) is -21.0. The predicted molar refractivity (Wildman–Crippen MR) is 422 cm³/mol. The number of carbonyl (C=O) groups is 17. The minimum absolute atomic E-state index is 0.0307. The first kappa shape index (κ1) is 97.7. The molecule has 6 aromatic heterocycles. The van der Waals surface area contributed by atoms with Crippen molar-refractivity contribution in [3.8, 4) is 0 Å². The van der Waals surface area contributed by atoms with Gasteiger partial charge in [-0.25, -0.2) is 39.5 Å². The number of hydrogen-bond acceptors (Lipinski definition) is 26. The molecule has 6 heterocycles. The van der Waals surface area contributed by atoms with Crippen LogP contribution in [0.2, 0.25) is 0 Å². The van der Waals surface area contributed by atoms with Gasteiger partial charge >= 0.3 is 53.7 Å². The molecular formula is C74H98N20O26S2. The van der Waals surface area contributed by atoms with Crippen molar-refractivity contribution in [1.29, 1.82) is 0 Å². The van der Waals surface area contributed by atoms with Crippen LogP contribution >= 0.6 is 21.6 Å². The first-order valence-corrected chi connectivity index (χ1v) is 40.5. The number of nitrogens with one attached hydrogen (secondary N) is 13. The largest absolute Gasteiger partial charge is 0.481 e. The molecule has 0 fully saturated rings. The van der Waals surface area contributed by atoms with Crippen LogP contribution in [0.15, 0.2) is 92.0 Å². The van der Waals surface area contributed by atoms with E-state index in [0.717, 1.165) is 25.3 Å². The first-order chi connectivity index (χ1) is 57.9. The second-order valence-corrected chi connectivity index (χ2v) is 31.3. The first-order valence-electron chi connectivity index (χ1n) is 38.2. The van der Waals surface area contributed by atoms with Crippen LogP contribution in [-0.2, 0) is 81.5 Å². The van der Waals surface area contributed by atoms with Gasteiger partial charge in [-0.1, -0.05) is 16.9 Å². The standard InChI is InChI=1S/C74H98N20O26S2/c1-94(65(70(119)120)47-37-79-42-85-47)31-4-18-71(19-6-50(97)88-63(68(115)116)45-35-77-40-83-45,20-7-51(98)89-64(69(117)118)46-36-78-41-84-46)90-52(99)10-23-72(91-53(100)17-32-121-122-54-5-2-3-30-80-54,21-8-48(95)86-61(43-33-75-38-81-43)66(113)92-73(24-11-55(101)102,25-12-56(103)104)26-13-57(105)106)22-9-49(96)87-62(44-34-76-39-82-44)67(114)93-74(27-14-58(107)108,28-15-59(109)110)29-16-60(111)112/h2-3,5,30,33-42,61-65H,4,6-29,31-32H2,1H3,(H,75,81)(H,76,82)(H,77,83)(H,78,84)(H,79,85)(H,86,95)(H,87,96)(H,88,97)(H,89,98)(H,90,99)(H,91,100)(H,92,113)(H,93,114)(H,101,102)(H,103,104)(H,105,106)(H,107,108)(H,109,110)(H,111,112)(H,115,116)(H,117,118)(H,119,120). The van der Waals surface area contributed by atoms with Crippen LogP contribution < -0.4 is 42.5 Å². The molecule has 0 aliphatic heterocycles. The molecule has 6 rings (SSSR count). The summed E-state index contributed by atoms with van der Waals surface area (Å²) >= 11 is 0. The number of carbonyl (C=O) groups excluding carboxylic acids is 8. The third-order valence-corrected chi connectivity index (χ3v) is 22.2. The number of imidazole rings is 5. The molecule has 5 atom stereocenters. The Labute approximate surface area is 701 Å². The molecule has 0 aliphatic rings. The quantitative estimate of drug-likeness (QED) is 0.0193. The number of aliphatic carboxylic acids is 9. The molecule has 0 aliphatic carbocycles. The van der Waals surface area contributed by atoms with Crippen LogP contribution in [0.5, 0.6) is 0 Å². The van der Waals surface area contributed by atoms with Gasteiger partial charge in [0, 0.05) is 142 Å². The van der Waals surface area contributed by atoms with E-state index in [4.69, 9.17) is 0 Å². The maximum Gasteiger partial charge on any atom is 0.332 e. The molecule has 0 spiro atoms. The van der Waals surface area contributed by atoms with Gasteiger partial charge in [-0.3, -0.25) is 76.8 Å². The third kappa shape index (κ3) is 33.2. The summed E-state index contributed by atoms with van der Waals surface area (Å²) in [6.45, 7) is -0.133. The SMILES string of the molecule is CN(CCCC(CCC(=O)NC(C(=O)O)c1c[nH]cn1)(CCC(=O)NC(C(=O)O)c1c[nH]cn1)NC(=O)CCC(CCC(=O)NC(C(=O)NC(CCC(=O)O)(CCC(=O)O)CCC(=O)O)c1c[nH]cn1)(CCC(=O)NC(C(=O)NC(CCC(=O)O)(CCC(=O)O)CCC(=O)O)c1c[nH]cn1)NC(=O)CCSSc1ccccn1)C(C(=O)O)c1c[nH]cn1. The van der Waals surface area contributed by atoms with E-state index in [-0.39, 0.29) is 60.0 Å². The highest BCUT2D eigenvalue weighted by Crippen LogP contribution is 2.35. The van der Waals surface area contributed by atoms with Crippen LogP contribution in [0.3, 0.4) is 0 Å². The maximum absolute atomic E-state index is 15.7. The van der Waals surface area contributed by atoms with Crippen molar-refractivity contribution < 1.29 is 127 Å². The molecule has 0 saturated carbocycles. The summed E-state index contributed by atoms with van der Waals surface area (Å²) in [7, 11) is 3.80. The van der Waals surface area contributed by atoms with Crippen LogP contribution in [0, 0.1) is 0 Å². The van der Waals surface area contributed by atoms with Gasteiger partial charge in [0.1, 0.15) is 5.03 Å². The summed E-state index contributed by atoms with van der Waals surface area (Å²) in [6, 6.07) is -3.57. The number of amides is 8. The number of aromatic nitrogens is 11.